The van der Waals surface area contributed by atoms with E-state index in [-0.39, 0.29) is 5.92 Å². The van der Waals surface area contributed by atoms with Gasteiger partial charge in [-0.15, -0.1) is 0 Å². The molecule has 3 aliphatic rings. The highest BCUT2D eigenvalue weighted by Gasteiger charge is 2.62. The summed E-state index contributed by atoms with van der Waals surface area (Å²) in [5.41, 5.74) is 4.18. The maximum atomic E-state index is 6.35. The second-order valence-corrected chi connectivity index (χ2v) is 7.45. The van der Waals surface area contributed by atoms with Crippen molar-refractivity contribution in [1.29, 1.82) is 0 Å². The van der Waals surface area contributed by atoms with E-state index >= 15 is 0 Å². The molecule has 0 spiro atoms. The number of benzene rings is 2. The molecule has 140 valence electrons. The number of hydrogen-bond donors (Lipinski definition) is 0. The highest BCUT2D eigenvalue weighted by Crippen LogP contribution is 2.57. The SMILES string of the molecule is COc1ccc(C2=NO[C@@]3(N4CCOCC4)c4ccccc4[C@H](C)[C@@H]23)cc1. The van der Waals surface area contributed by atoms with Gasteiger partial charge < -0.3 is 14.3 Å². The molecule has 2 aromatic rings. The van der Waals surface area contributed by atoms with Crippen molar-refractivity contribution in [2.45, 2.75) is 18.6 Å². The van der Waals surface area contributed by atoms with Crippen molar-refractivity contribution in [1.82, 2.24) is 4.90 Å². The largest absolute Gasteiger partial charge is 0.497 e. The van der Waals surface area contributed by atoms with E-state index in [1.807, 2.05) is 12.1 Å². The van der Waals surface area contributed by atoms with Gasteiger partial charge in [-0.05, 0) is 35.7 Å². The lowest BCUT2D eigenvalue weighted by Crippen LogP contribution is -2.54. The van der Waals surface area contributed by atoms with Crippen molar-refractivity contribution in [3.63, 3.8) is 0 Å². The summed E-state index contributed by atoms with van der Waals surface area (Å²) in [6.45, 7) is 5.45. The van der Waals surface area contributed by atoms with Crippen LogP contribution in [0.15, 0.2) is 53.7 Å². The van der Waals surface area contributed by atoms with E-state index in [4.69, 9.17) is 14.3 Å². The van der Waals surface area contributed by atoms with E-state index in [0.29, 0.717) is 5.92 Å². The Balaban J connectivity index is 1.61. The average Bonchev–Trinajstić information content (AvgIpc) is 3.25. The zero-order valence-corrected chi connectivity index (χ0v) is 15.7. The first-order chi connectivity index (χ1) is 13.3. The van der Waals surface area contributed by atoms with Gasteiger partial charge in [0.25, 0.3) is 0 Å². The molecule has 1 saturated heterocycles. The molecule has 0 bridgehead atoms. The van der Waals surface area contributed by atoms with Gasteiger partial charge in [0.2, 0.25) is 5.72 Å². The van der Waals surface area contributed by atoms with Gasteiger partial charge in [-0.1, -0.05) is 36.3 Å². The molecule has 5 nitrogen and oxygen atoms in total. The lowest BCUT2D eigenvalue weighted by Gasteiger charge is -2.42. The van der Waals surface area contributed by atoms with E-state index in [1.54, 1.807) is 7.11 Å². The molecular weight excluding hydrogens is 340 g/mol. The minimum absolute atomic E-state index is 0.154. The fourth-order valence-corrected chi connectivity index (χ4v) is 4.92. The summed E-state index contributed by atoms with van der Waals surface area (Å²) < 4.78 is 10.9. The first-order valence-corrected chi connectivity index (χ1v) is 9.58. The van der Waals surface area contributed by atoms with Crippen LogP contribution in [0.4, 0.5) is 0 Å². The van der Waals surface area contributed by atoms with Crippen LogP contribution in [0.1, 0.15) is 29.5 Å². The lowest BCUT2D eigenvalue weighted by molar-refractivity contribution is -0.186. The Morgan fingerprint density at radius 1 is 1.07 bits per heavy atom. The fourth-order valence-electron chi connectivity index (χ4n) is 4.92. The Kier molecular flexibility index (Phi) is 3.95. The van der Waals surface area contributed by atoms with E-state index in [2.05, 4.69) is 53.4 Å². The monoisotopic (exact) mass is 364 g/mol. The summed E-state index contributed by atoms with van der Waals surface area (Å²) in [6, 6.07) is 16.8. The third kappa shape index (κ3) is 2.35. The van der Waals surface area contributed by atoms with Crippen molar-refractivity contribution in [3.05, 3.63) is 65.2 Å². The summed E-state index contributed by atoms with van der Waals surface area (Å²) in [4.78, 5) is 8.77. The van der Waals surface area contributed by atoms with Crippen LogP contribution in [0.3, 0.4) is 0 Å². The van der Waals surface area contributed by atoms with Gasteiger partial charge in [0.05, 0.1) is 32.0 Å². The van der Waals surface area contributed by atoms with Gasteiger partial charge >= 0.3 is 0 Å². The Morgan fingerprint density at radius 3 is 2.56 bits per heavy atom. The molecule has 2 heterocycles. The number of hydrogen-bond acceptors (Lipinski definition) is 5. The van der Waals surface area contributed by atoms with E-state index in [1.165, 1.54) is 11.1 Å². The number of fused-ring (bicyclic) bond motifs is 3. The van der Waals surface area contributed by atoms with Crippen molar-refractivity contribution >= 4 is 5.71 Å². The maximum Gasteiger partial charge on any atom is 0.226 e. The minimum Gasteiger partial charge on any atom is -0.497 e. The van der Waals surface area contributed by atoms with Gasteiger partial charge in [-0.25, -0.2) is 0 Å². The predicted octanol–water partition coefficient (Wildman–Crippen LogP) is 3.35. The fraction of sp³-hybridized carbons (Fsp3) is 0.409. The van der Waals surface area contributed by atoms with Crippen LogP contribution >= 0.6 is 0 Å². The molecule has 0 saturated carbocycles. The number of morpholine rings is 1. The molecular formula is C22H24N2O3. The van der Waals surface area contributed by atoms with E-state index in [0.717, 1.165) is 43.3 Å². The van der Waals surface area contributed by atoms with Crippen LogP contribution in [0.5, 0.6) is 5.75 Å². The maximum absolute atomic E-state index is 6.35. The van der Waals surface area contributed by atoms with Crippen LogP contribution in [-0.2, 0) is 15.3 Å². The molecule has 0 aromatic heterocycles. The van der Waals surface area contributed by atoms with Crippen molar-refractivity contribution in [2.75, 3.05) is 33.4 Å². The number of oxime groups is 1. The van der Waals surface area contributed by atoms with Gasteiger partial charge in [0, 0.05) is 24.2 Å². The van der Waals surface area contributed by atoms with Crippen molar-refractivity contribution < 1.29 is 14.3 Å². The highest BCUT2D eigenvalue weighted by atomic mass is 16.7. The Morgan fingerprint density at radius 2 is 1.81 bits per heavy atom. The molecule has 5 rings (SSSR count). The second kappa shape index (κ2) is 6.36. The number of nitrogens with zero attached hydrogens (tertiary/aromatic N) is 2. The van der Waals surface area contributed by atoms with E-state index < -0.39 is 5.72 Å². The summed E-state index contributed by atoms with van der Waals surface area (Å²) in [7, 11) is 1.68. The van der Waals surface area contributed by atoms with Gasteiger partial charge in [-0.2, -0.15) is 0 Å². The molecule has 1 fully saturated rings. The van der Waals surface area contributed by atoms with Crippen LogP contribution in [0.2, 0.25) is 0 Å². The zero-order chi connectivity index (χ0) is 18.4. The molecule has 2 aliphatic heterocycles. The summed E-state index contributed by atoms with van der Waals surface area (Å²) in [5.74, 6) is 1.33. The molecule has 0 amide bonds. The van der Waals surface area contributed by atoms with Crippen LogP contribution in [-0.4, -0.2) is 44.0 Å². The summed E-state index contributed by atoms with van der Waals surface area (Å²) >= 11 is 0. The highest BCUT2D eigenvalue weighted by molar-refractivity contribution is 6.04. The topological polar surface area (TPSA) is 43.3 Å². The number of rotatable bonds is 3. The predicted molar refractivity (Wildman–Crippen MR) is 103 cm³/mol. The zero-order valence-electron chi connectivity index (χ0n) is 15.7. The third-order valence-corrected chi connectivity index (χ3v) is 6.20. The van der Waals surface area contributed by atoms with Crippen molar-refractivity contribution in [2.24, 2.45) is 11.1 Å². The Bertz CT molecular complexity index is 873. The van der Waals surface area contributed by atoms with Crippen LogP contribution in [0, 0.1) is 5.92 Å². The summed E-state index contributed by atoms with van der Waals surface area (Å²) in [6.07, 6.45) is 0. The molecule has 27 heavy (non-hydrogen) atoms. The lowest BCUT2D eigenvalue weighted by atomic mass is 9.82. The molecule has 1 aliphatic carbocycles. The minimum atomic E-state index is -0.533. The van der Waals surface area contributed by atoms with Crippen LogP contribution < -0.4 is 4.74 Å². The summed E-state index contributed by atoms with van der Waals surface area (Å²) in [5, 5.41) is 4.64. The molecule has 0 unspecified atom stereocenters. The van der Waals surface area contributed by atoms with Crippen LogP contribution in [0.25, 0.3) is 0 Å². The first-order valence-electron chi connectivity index (χ1n) is 9.58. The third-order valence-electron chi connectivity index (χ3n) is 6.20. The normalized spacial score (nSPS) is 29.6. The van der Waals surface area contributed by atoms with E-state index in [9.17, 15) is 0 Å². The quantitative estimate of drug-likeness (QED) is 0.838. The average molecular weight is 364 g/mol. The molecule has 2 aromatic carbocycles. The second-order valence-electron chi connectivity index (χ2n) is 7.45. The standard InChI is InChI=1S/C22H24N2O3/c1-15-18-5-3-4-6-19(18)22(24-11-13-26-14-12-24)20(15)21(23-27-22)16-7-9-17(25-2)10-8-16/h3-10,15,20H,11-14H2,1-2H3/t15-,20-,22-/m0/s1. The molecule has 0 N–H and O–H groups in total. The van der Waals surface area contributed by atoms with Gasteiger partial charge in [0.1, 0.15) is 5.75 Å². The van der Waals surface area contributed by atoms with Gasteiger partial charge in [-0.3, -0.25) is 4.90 Å². The first kappa shape index (κ1) is 16.8. The number of methoxy groups -OCH3 is 1. The molecule has 0 radical (unpaired) electrons. The number of ether oxygens (including phenoxy) is 2. The Hall–Kier alpha value is -2.37. The van der Waals surface area contributed by atoms with Gasteiger partial charge in [0.15, 0.2) is 0 Å². The molecule has 5 heteroatoms. The molecule has 3 atom stereocenters. The van der Waals surface area contributed by atoms with Crippen molar-refractivity contribution in [3.8, 4) is 5.75 Å². The smallest absolute Gasteiger partial charge is 0.226 e. The Labute approximate surface area is 159 Å².